The molecule has 1 rings (SSSR count). The Morgan fingerprint density at radius 2 is 2.46 bits per heavy atom. The fourth-order valence-corrected chi connectivity index (χ4v) is 1.89. The molecular formula is C4H2N4O3S2. The predicted molar refractivity (Wildman–Crippen MR) is 48.0 cm³/mol. The largest absolute Gasteiger partial charge is 0.464 e. The quantitative estimate of drug-likeness (QED) is 0.307. The van der Waals surface area contributed by atoms with E-state index in [2.05, 4.69) is 22.2 Å². The van der Waals surface area contributed by atoms with Crippen LogP contribution in [0.3, 0.4) is 0 Å². The summed E-state index contributed by atoms with van der Waals surface area (Å²) in [5.74, 6) is -0.819. The highest BCUT2D eigenvalue weighted by molar-refractivity contribution is 8.24. The summed E-state index contributed by atoms with van der Waals surface area (Å²) in [6.45, 7) is 0. The minimum absolute atomic E-state index is 0.116. The lowest BCUT2D eigenvalue weighted by atomic mass is 10.5. The first-order chi connectivity index (χ1) is 6.07. The van der Waals surface area contributed by atoms with E-state index in [0.29, 0.717) is 4.90 Å². The molecule has 0 aromatic carbocycles. The molecule has 1 aliphatic rings. The molecule has 1 N–H and O–H groups in total. The number of rotatable bonds is 1. The molecule has 7 nitrogen and oxygen atoms in total. The van der Waals surface area contributed by atoms with Gasteiger partial charge in [-0.1, -0.05) is 29.1 Å². The Kier molecular flexibility index (Phi) is 2.71. The maximum absolute atomic E-state index is 11.1. The van der Waals surface area contributed by atoms with Gasteiger partial charge in [-0.2, -0.15) is 4.90 Å². The Labute approximate surface area is 81.3 Å². The van der Waals surface area contributed by atoms with Crippen molar-refractivity contribution in [3.05, 3.63) is 10.4 Å². The van der Waals surface area contributed by atoms with Crippen LogP contribution < -0.4 is 0 Å². The molecule has 0 aliphatic carbocycles. The first kappa shape index (κ1) is 9.78. The minimum atomic E-state index is -1.46. The summed E-state index contributed by atoms with van der Waals surface area (Å²) in [6, 6.07) is 0. The molecule has 1 saturated heterocycles. The van der Waals surface area contributed by atoms with E-state index in [4.69, 9.17) is 10.6 Å². The summed E-state index contributed by atoms with van der Waals surface area (Å²) in [4.78, 5) is 24.3. The normalized spacial score (nSPS) is 21.5. The van der Waals surface area contributed by atoms with Gasteiger partial charge in [0.15, 0.2) is 9.69 Å². The number of thioether (sulfide) groups is 1. The van der Waals surface area contributed by atoms with E-state index in [1.807, 2.05) is 0 Å². The molecular weight excluding hydrogens is 216 g/mol. The number of carbonyl (C=O) groups excluding carboxylic acids is 1. The molecule has 0 radical (unpaired) electrons. The van der Waals surface area contributed by atoms with Gasteiger partial charge in [-0.25, -0.2) is 4.79 Å². The highest BCUT2D eigenvalue weighted by atomic mass is 32.2. The standard InChI is InChI=1S/C4H2N4O3S2/c5-7-6-1-2(9)8(3(10)11)4(12)13-1/h1H,(H,10,11). The van der Waals surface area contributed by atoms with Crippen LogP contribution in [-0.2, 0) is 4.79 Å². The van der Waals surface area contributed by atoms with E-state index in [9.17, 15) is 9.59 Å². The fraction of sp³-hybridized carbons (Fsp3) is 0.250. The topological polar surface area (TPSA) is 106 Å². The van der Waals surface area contributed by atoms with Crippen molar-refractivity contribution in [3.63, 3.8) is 0 Å². The molecule has 1 atom stereocenters. The number of azide groups is 1. The fourth-order valence-electron chi connectivity index (χ4n) is 0.691. The van der Waals surface area contributed by atoms with Crippen molar-refractivity contribution in [2.45, 2.75) is 5.37 Å². The van der Waals surface area contributed by atoms with Crippen LogP contribution in [0.2, 0.25) is 0 Å². The average Bonchev–Trinajstić information content (AvgIpc) is 2.28. The van der Waals surface area contributed by atoms with Gasteiger partial charge in [-0.15, -0.1) is 0 Å². The SMILES string of the molecule is [N-]=[N+]=NC1SC(=S)N(C(=O)O)C1=O. The van der Waals surface area contributed by atoms with Crippen molar-refractivity contribution >= 4 is 40.3 Å². The Hall–Kier alpha value is -1.31. The molecule has 0 aromatic heterocycles. The monoisotopic (exact) mass is 218 g/mol. The number of nitrogens with zero attached hydrogens (tertiary/aromatic N) is 4. The summed E-state index contributed by atoms with van der Waals surface area (Å²) >= 11 is 5.33. The van der Waals surface area contributed by atoms with Crippen LogP contribution >= 0.6 is 24.0 Å². The summed E-state index contributed by atoms with van der Waals surface area (Å²) in [6.07, 6.45) is -1.46. The van der Waals surface area contributed by atoms with Gasteiger partial charge in [-0.3, -0.25) is 4.79 Å². The second-order valence-electron chi connectivity index (χ2n) is 1.90. The second kappa shape index (κ2) is 3.60. The molecule has 0 aromatic rings. The first-order valence-electron chi connectivity index (χ1n) is 2.89. The summed E-state index contributed by atoms with van der Waals surface area (Å²) < 4.78 is -0.116. The van der Waals surface area contributed by atoms with Crippen LogP contribution in [-0.4, -0.2) is 31.7 Å². The molecule has 0 bridgehead atoms. The van der Waals surface area contributed by atoms with Gasteiger partial charge in [0, 0.05) is 4.91 Å². The maximum Gasteiger partial charge on any atom is 0.419 e. The Morgan fingerprint density at radius 1 is 1.85 bits per heavy atom. The highest BCUT2D eigenvalue weighted by Crippen LogP contribution is 2.28. The van der Waals surface area contributed by atoms with Gasteiger partial charge in [0.05, 0.1) is 0 Å². The zero-order valence-corrected chi connectivity index (χ0v) is 7.58. The van der Waals surface area contributed by atoms with E-state index in [1.54, 1.807) is 0 Å². The number of hydrogen-bond donors (Lipinski definition) is 1. The second-order valence-corrected chi connectivity index (χ2v) is 3.61. The van der Waals surface area contributed by atoms with Gasteiger partial charge in [-0.05, 0) is 5.53 Å². The number of hydrogen-bond acceptors (Lipinski definition) is 5. The van der Waals surface area contributed by atoms with E-state index >= 15 is 0 Å². The van der Waals surface area contributed by atoms with E-state index in [0.717, 1.165) is 11.8 Å². The van der Waals surface area contributed by atoms with Crippen LogP contribution in [0, 0.1) is 0 Å². The van der Waals surface area contributed by atoms with Crippen molar-refractivity contribution in [1.82, 2.24) is 4.90 Å². The van der Waals surface area contributed by atoms with E-state index < -0.39 is 17.4 Å². The Morgan fingerprint density at radius 3 is 2.85 bits per heavy atom. The van der Waals surface area contributed by atoms with Crippen LogP contribution in [0.1, 0.15) is 0 Å². The van der Waals surface area contributed by atoms with Crippen molar-refractivity contribution in [3.8, 4) is 0 Å². The molecule has 1 aliphatic heterocycles. The Balaban J connectivity index is 2.94. The minimum Gasteiger partial charge on any atom is -0.464 e. The van der Waals surface area contributed by atoms with Crippen LogP contribution in [0.25, 0.3) is 10.4 Å². The number of thiocarbonyl (C=S) groups is 1. The summed E-state index contributed by atoms with van der Waals surface area (Å²) in [5, 5.41) is 10.5. The molecule has 0 saturated carbocycles. The van der Waals surface area contributed by atoms with E-state index in [-0.39, 0.29) is 4.32 Å². The summed E-state index contributed by atoms with van der Waals surface area (Å²) in [5.41, 5.74) is 8.04. The number of imide groups is 1. The van der Waals surface area contributed by atoms with Gasteiger partial charge in [0.2, 0.25) is 0 Å². The molecule has 13 heavy (non-hydrogen) atoms. The zero-order chi connectivity index (χ0) is 10.0. The lowest BCUT2D eigenvalue weighted by Crippen LogP contribution is -2.35. The zero-order valence-electron chi connectivity index (χ0n) is 5.95. The van der Waals surface area contributed by atoms with Crippen molar-refractivity contribution < 1.29 is 14.7 Å². The molecule has 1 heterocycles. The number of amides is 2. The lowest BCUT2D eigenvalue weighted by Gasteiger charge is -2.06. The molecule has 0 spiro atoms. The Bertz CT molecular complexity index is 336. The third kappa shape index (κ3) is 1.72. The van der Waals surface area contributed by atoms with Gasteiger partial charge >= 0.3 is 6.09 Å². The van der Waals surface area contributed by atoms with Gasteiger partial charge in [0.1, 0.15) is 0 Å². The van der Waals surface area contributed by atoms with Crippen molar-refractivity contribution in [1.29, 1.82) is 0 Å². The first-order valence-corrected chi connectivity index (χ1v) is 4.18. The lowest BCUT2D eigenvalue weighted by molar-refractivity contribution is -0.124. The maximum atomic E-state index is 11.1. The molecule has 68 valence electrons. The molecule has 9 heteroatoms. The predicted octanol–water partition coefficient (Wildman–Crippen LogP) is 1.16. The smallest absolute Gasteiger partial charge is 0.419 e. The third-order valence-electron chi connectivity index (χ3n) is 1.17. The van der Waals surface area contributed by atoms with E-state index in [1.165, 1.54) is 0 Å². The number of carboxylic acid groups (broad SMARTS) is 1. The number of carbonyl (C=O) groups is 2. The molecule has 2 amide bonds. The van der Waals surface area contributed by atoms with Crippen molar-refractivity contribution in [2.75, 3.05) is 0 Å². The third-order valence-corrected chi connectivity index (χ3v) is 2.55. The van der Waals surface area contributed by atoms with Gasteiger partial charge < -0.3 is 5.11 Å². The van der Waals surface area contributed by atoms with Crippen LogP contribution in [0.4, 0.5) is 4.79 Å². The van der Waals surface area contributed by atoms with Crippen LogP contribution in [0.5, 0.6) is 0 Å². The average molecular weight is 218 g/mol. The van der Waals surface area contributed by atoms with Crippen molar-refractivity contribution in [2.24, 2.45) is 5.11 Å². The molecule has 1 fully saturated rings. The van der Waals surface area contributed by atoms with Crippen LogP contribution in [0.15, 0.2) is 5.11 Å². The highest BCUT2D eigenvalue weighted by Gasteiger charge is 2.40. The van der Waals surface area contributed by atoms with Gasteiger partial charge in [0.25, 0.3) is 5.91 Å². The molecule has 1 unspecified atom stereocenters. The summed E-state index contributed by atoms with van der Waals surface area (Å²) in [7, 11) is 0.